The Hall–Kier alpha value is -4.17. The Morgan fingerprint density at radius 3 is 2.61 bits per heavy atom. The highest BCUT2D eigenvalue weighted by Crippen LogP contribution is 2.39. The van der Waals surface area contributed by atoms with Crippen LogP contribution in [0.1, 0.15) is 21.0 Å². The van der Waals surface area contributed by atoms with Gasteiger partial charge in [0.25, 0.3) is 0 Å². The van der Waals surface area contributed by atoms with E-state index in [9.17, 15) is 9.59 Å². The Kier molecular flexibility index (Phi) is 5.50. The molecule has 0 saturated carbocycles. The number of rotatable bonds is 5. The van der Waals surface area contributed by atoms with E-state index in [1.165, 1.54) is 6.07 Å². The van der Waals surface area contributed by atoms with Crippen LogP contribution in [0.2, 0.25) is 5.02 Å². The van der Waals surface area contributed by atoms with Gasteiger partial charge < -0.3 is 19.3 Å². The summed E-state index contributed by atoms with van der Waals surface area (Å²) in [6, 6.07) is 17.5. The summed E-state index contributed by atoms with van der Waals surface area (Å²) in [4.78, 5) is 27.6. The molecule has 0 fully saturated rings. The van der Waals surface area contributed by atoms with Gasteiger partial charge in [0.1, 0.15) is 19.5 Å². The molecule has 0 spiro atoms. The van der Waals surface area contributed by atoms with Gasteiger partial charge in [0.2, 0.25) is 5.82 Å². The van der Waals surface area contributed by atoms with Crippen molar-refractivity contribution in [3.05, 3.63) is 77.1 Å². The van der Waals surface area contributed by atoms with Crippen LogP contribution in [-0.4, -0.2) is 35.5 Å². The van der Waals surface area contributed by atoms with Gasteiger partial charge in [0, 0.05) is 22.4 Å². The molecule has 9 heteroatoms. The fourth-order valence-corrected chi connectivity index (χ4v) is 3.76. The number of hydrogen-bond acceptors (Lipinski definition) is 7. The van der Waals surface area contributed by atoms with Crippen LogP contribution in [0.15, 0.2) is 65.2 Å². The monoisotopic (exact) mass is 461 g/mol. The number of ether oxygens (including phenoxy) is 2. The van der Waals surface area contributed by atoms with E-state index in [2.05, 4.69) is 15.5 Å². The van der Waals surface area contributed by atoms with Crippen molar-refractivity contribution in [3.63, 3.8) is 0 Å². The van der Waals surface area contributed by atoms with Gasteiger partial charge in [-0.2, -0.15) is 4.98 Å². The molecule has 33 heavy (non-hydrogen) atoms. The largest absolute Gasteiger partial charge is 0.486 e. The van der Waals surface area contributed by atoms with Crippen LogP contribution in [-0.2, 0) is 0 Å². The molecule has 1 amide bonds. The minimum absolute atomic E-state index is 0.172. The molecule has 4 aromatic rings. The highest BCUT2D eigenvalue weighted by molar-refractivity contribution is 6.36. The number of nitrogens with zero attached hydrogens (tertiary/aromatic N) is 2. The molecule has 0 atom stereocenters. The number of aromatic nitrogens is 2. The maximum absolute atomic E-state index is 12.5. The smallest absolute Gasteiger partial charge is 0.316 e. The van der Waals surface area contributed by atoms with Crippen molar-refractivity contribution in [2.75, 3.05) is 18.5 Å². The second-order valence-corrected chi connectivity index (χ2v) is 7.52. The van der Waals surface area contributed by atoms with Gasteiger partial charge in [0.15, 0.2) is 11.5 Å². The molecule has 0 unspecified atom stereocenters. The Morgan fingerprint density at radius 1 is 0.970 bits per heavy atom. The highest BCUT2D eigenvalue weighted by Gasteiger charge is 2.20. The van der Waals surface area contributed by atoms with Crippen molar-refractivity contribution in [1.82, 2.24) is 10.1 Å². The standard InChI is InChI=1S/C24H16ClN3O5/c25-21-17(15-7-8-19-20(12-15)32-10-9-31-19)5-2-6-18(21)22-27-24(33-28-22)23(30)26-16-4-1-3-14(11-16)13-29/h1-8,11-13H,9-10H2,(H,26,30). The van der Waals surface area contributed by atoms with Crippen LogP contribution in [0.25, 0.3) is 22.5 Å². The lowest BCUT2D eigenvalue weighted by molar-refractivity contribution is 0.0981. The number of aldehydes is 1. The zero-order chi connectivity index (χ0) is 22.8. The second-order valence-electron chi connectivity index (χ2n) is 7.15. The van der Waals surface area contributed by atoms with E-state index < -0.39 is 5.91 Å². The number of anilines is 1. The molecule has 1 aliphatic rings. The molecule has 0 saturated heterocycles. The van der Waals surface area contributed by atoms with Crippen molar-refractivity contribution < 1.29 is 23.6 Å². The summed E-state index contributed by atoms with van der Waals surface area (Å²) in [6.07, 6.45) is 0.692. The average Bonchev–Trinajstić information content (AvgIpc) is 3.34. The fourth-order valence-electron chi connectivity index (χ4n) is 3.44. The first-order valence-electron chi connectivity index (χ1n) is 10.0. The summed E-state index contributed by atoms with van der Waals surface area (Å²) in [5.74, 6) is 0.673. The molecule has 5 rings (SSSR count). The first kappa shape index (κ1) is 20.7. The summed E-state index contributed by atoms with van der Waals surface area (Å²) in [5.41, 5.74) is 2.95. The summed E-state index contributed by atoms with van der Waals surface area (Å²) < 4.78 is 16.4. The Morgan fingerprint density at radius 2 is 1.76 bits per heavy atom. The summed E-state index contributed by atoms with van der Waals surface area (Å²) in [7, 11) is 0. The van der Waals surface area contributed by atoms with Crippen LogP contribution in [0, 0.1) is 0 Å². The molecule has 1 aromatic heterocycles. The van der Waals surface area contributed by atoms with Crippen molar-refractivity contribution in [1.29, 1.82) is 0 Å². The number of fused-ring (bicyclic) bond motifs is 1. The topological polar surface area (TPSA) is 104 Å². The normalized spacial score (nSPS) is 12.3. The Labute approximate surface area is 193 Å². The van der Waals surface area contributed by atoms with E-state index >= 15 is 0 Å². The quantitative estimate of drug-likeness (QED) is 0.422. The first-order chi connectivity index (χ1) is 16.1. The highest BCUT2D eigenvalue weighted by atomic mass is 35.5. The summed E-state index contributed by atoms with van der Waals surface area (Å²) in [6.45, 7) is 0.996. The predicted molar refractivity (Wildman–Crippen MR) is 121 cm³/mol. The SMILES string of the molecule is O=Cc1cccc(NC(=O)c2nc(-c3cccc(-c4ccc5c(c4)OCCO5)c3Cl)no2)c1. The van der Waals surface area contributed by atoms with Gasteiger partial charge in [-0.25, -0.2) is 0 Å². The zero-order valence-electron chi connectivity index (χ0n) is 17.1. The molecule has 1 aliphatic heterocycles. The molecule has 8 nitrogen and oxygen atoms in total. The minimum atomic E-state index is -0.601. The first-order valence-corrected chi connectivity index (χ1v) is 10.4. The van der Waals surface area contributed by atoms with E-state index in [0.29, 0.717) is 52.8 Å². The van der Waals surface area contributed by atoms with E-state index in [1.54, 1.807) is 24.3 Å². The summed E-state index contributed by atoms with van der Waals surface area (Å²) in [5, 5.41) is 6.95. The van der Waals surface area contributed by atoms with Gasteiger partial charge in [0.05, 0.1) is 5.02 Å². The third-order valence-corrected chi connectivity index (χ3v) is 5.40. The molecule has 1 N–H and O–H groups in total. The van der Waals surface area contributed by atoms with Crippen LogP contribution >= 0.6 is 11.6 Å². The predicted octanol–water partition coefficient (Wildman–Crippen LogP) is 4.89. The van der Waals surface area contributed by atoms with Gasteiger partial charge in [-0.3, -0.25) is 9.59 Å². The maximum atomic E-state index is 12.5. The molecule has 0 radical (unpaired) electrons. The fraction of sp³-hybridized carbons (Fsp3) is 0.0833. The molecule has 2 heterocycles. The van der Waals surface area contributed by atoms with E-state index in [-0.39, 0.29) is 11.7 Å². The second kappa shape index (κ2) is 8.76. The van der Waals surface area contributed by atoms with Gasteiger partial charge in [-0.15, -0.1) is 0 Å². The minimum Gasteiger partial charge on any atom is -0.486 e. The van der Waals surface area contributed by atoms with Crippen molar-refractivity contribution in [2.45, 2.75) is 0 Å². The number of carbonyl (C=O) groups is 2. The molecule has 0 bridgehead atoms. The van der Waals surface area contributed by atoms with Crippen molar-refractivity contribution >= 4 is 29.5 Å². The van der Waals surface area contributed by atoms with E-state index in [4.69, 9.17) is 25.6 Å². The van der Waals surface area contributed by atoms with E-state index in [1.807, 2.05) is 30.3 Å². The number of hydrogen-bond donors (Lipinski definition) is 1. The molecule has 3 aromatic carbocycles. The molecule has 164 valence electrons. The molecular formula is C24H16ClN3O5. The number of nitrogens with one attached hydrogen (secondary N) is 1. The van der Waals surface area contributed by atoms with E-state index in [0.717, 1.165) is 11.1 Å². The van der Waals surface area contributed by atoms with Gasteiger partial charge in [-0.1, -0.05) is 47.1 Å². The van der Waals surface area contributed by atoms with Crippen LogP contribution in [0.4, 0.5) is 5.69 Å². The lowest BCUT2D eigenvalue weighted by Crippen LogP contribution is -2.15. The van der Waals surface area contributed by atoms with Crippen LogP contribution in [0.5, 0.6) is 11.5 Å². The average molecular weight is 462 g/mol. The van der Waals surface area contributed by atoms with Gasteiger partial charge in [-0.05, 0) is 35.9 Å². The Balaban J connectivity index is 1.42. The zero-order valence-corrected chi connectivity index (χ0v) is 17.8. The van der Waals surface area contributed by atoms with Crippen molar-refractivity contribution in [3.8, 4) is 34.0 Å². The summed E-state index contributed by atoms with van der Waals surface area (Å²) >= 11 is 6.69. The lowest BCUT2D eigenvalue weighted by atomic mass is 10.0. The number of halogens is 1. The third kappa shape index (κ3) is 4.16. The number of benzene rings is 3. The maximum Gasteiger partial charge on any atom is 0.316 e. The van der Waals surface area contributed by atoms with Crippen molar-refractivity contribution in [2.24, 2.45) is 0 Å². The Bertz CT molecular complexity index is 1370. The van der Waals surface area contributed by atoms with Crippen LogP contribution < -0.4 is 14.8 Å². The molecular weight excluding hydrogens is 446 g/mol. The number of carbonyl (C=O) groups excluding carboxylic acids is 2. The lowest BCUT2D eigenvalue weighted by Gasteiger charge is -2.19. The van der Waals surface area contributed by atoms with Gasteiger partial charge >= 0.3 is 11.8 Å². The number of amides is 1. The third-order valence-electron chi connectivity index (χ3n) is 4.99. The molecule has 0 aliphatic carbocycles. The van der Waals surface area contributed by atoms with Crippen LogP contribution in [0.3, 0.4) is 0 Å².